The van der Waals surface area contributed by atoms with E-state index in [-0.39, 0.29) is 17.7 Å². The second kappa shape index (κ2) is 10.1. The molecule has 0 saturated carbocycles. The third-order valence-electron chi connectivity index (χ3n) is 5.58. The van der Waals surface area contributed by atoms with Crippen LogP contribution in [0.4, 0.5) is 0 Å². The molecule has 0 radical (unpaired) electrons. The van der Waals surface area contributed by atoms with Crippen LogP contribution >= 0.6 is 22.7 Å². The smallest absolute Gasteiger partial charge is 0.263 e. The van der Waals surface area contributed by atoms with E-state index < -0.39 is 0 Å². The van der Waals surface area contributed by atoms with Gasteiger partial charge in [-0.3, -0.25) is 9.59 Å². The highest BCUT2D eigenvalue weighted by atomic mass is 32.1. The van der Waals surface area contributed by atoms with E-state index in [1.807, 2.05) is 63.0 Å². The Morgan fingerprint density at radius 2 is 1.87 bits per heavy atom. The number of carbonyl (C=O) groups excluding carboxylic acids is 2. The van der Waals surface area contributed by atoms with Gasteiger partial charge in [-0.2, -0.15) is 0 Å². The summed E-state index contributed by atoms with van der Waals surface area (Å²) >= 11 is 3.10. The van der Waals surface area contributed by atoms with Crippen molar-refractivity contribution in [3.05, 3.63) is 74.6 Å². The van der Waals surface area contributed by atoms with Crippen molar-refractivity contribution in [1.29, 1.82) is 0 Å². The average molecular weight is 455 g/mol. The van der Waals surface area contributed by atoms with Gasteiger partial charge in [0.15, 0.2) is 0 Å². The Morgan fingerprint density at radius 1 is 1.06 bits per heavy atom. The maximum Gasteiger partial charge on any atom is 0.263 e. The number of hydrogen-bond acceptors (Lipinski definition) is 5. The van der Waals surface area contributed by atoms with Gasteiger partial charge in [0.05, 0.1) is 24.4 Å². The maximum atomic E-state index is 13.6. The quantitative estimate of drug-likeness (QED) is 0.510. The SMILES string of the molecule is COc1ccccc1CN(Cc1cccs1)C(=O)C1CCCN(C(=O)c2cccs2)C1. The monoisotopic (exact) mass is 454 g/mol. The van der Waals surface area contributed by atoms with Crippen LogP contribution < -0.4 is 4.74 Å². The fraction of sp³-hybridized carbons (Fsp3) is 0.333. The number of nitrogens with zero attached hydrogens (tertiary/aromatic N) is 2. The molecule has 0 bridgehead atoms. The Balaban J connectivity index is 1.52. The summed E-state index contributed by atoms with van der Waals surface area (Å²) in [6.07, 6.45) is 1.65. The summed E-state index contributed by atoms with van der Waals surface area (Å²) in [5.41, 5.74) is 0.984. The Labute approximate surface area is 190 Å². The van der Waals surface area contributed by atoms with Crippen molar-refractivity contribution in [3.8, 4) is 5.75 Å². The first kappa shape index (κ1) is 21.6. The molecule has 0 aliphatic carbocycles. The van der Waals surface area contributed by atoms with E-state index in [1.165, 1.54) is 11.3 Å². The first-order valence-corrected chi connectivity index (χ1v) is 12.2. The molecule has 7 heteroatoms. The van der Waals surface area contributed by atoms with E-state index >= 15 is 0 Å². The van der Waals surface area contributed by atoms with E-state index in [9.17, 15) is 9.59 Å². The standard InChI is InChI=1S/C24H26N2O3S2/c1-29-21-10-3-2-7-18(21)15-26(17-20-9-5-13-30-20)23(27)19-8-4-12-25(16-19)24(28)22-11-6-14-31-22/h2-3,5-7,9-11,13-14,19H,4,8,12,15-17H2,1H3. The second-order valence-electron chi connectivity index (χ2n) is 7.65. The summed E-state index contributed by atoms with van der Waals surface area (Å²) in [5.74, 6) is 0.724. The molecule has 0 spiro atoms. The summed E-state index contributed by atoms with van der Waals surface area (Å²) in [7, 11) is 1.65. The van der Waals surface area contributed by atoms with E-state index in [4.69, 9.17) is 4.74 Å². The van der Waals surface area contributed by atoms with Gasteiger partial charge in [-0.15, -0.1) is 22.7 Å². The predicted molar refractivity (Wildman–Crippen MR) is 125 cm³/mol. The highest BCUT2D eigenvalue weighted by Crippen LogP contribution is 2.26. The third kappa shape index (κ3) is 5.17. The zero-order valence-electron chi connectivity index (χ0n) is 17.5. The molecular weight excluding hydrogens is 428 g/mol. The van der Waals surface area contributed by atoms with Crippen molar-refractivity contribution in [2.45, 2.75) is 25.9 Å². The Bertz CT molecular complexity index is 1000. The van der Waals surface area contributed by atoms with Gasteiger partial charge in [0.1, 0.15) is 5.75 Å². The predicted octanol–water partition coefficient (Wildman–Crippen LogP) is 4.90. The molecule has 3 aromatic rings. The molecule has 2 aromatic heterocycles. The highest BCUT2D eigenvalue weighted by Gasteiger charge is 2.32. The summed E-state index contributed by atoms with van der Waals surface area (Å²) in [4.78, 5) is 32.1. The Hall–Kier alpha value is -2.64. The summed E-state index contributed by atoms with van der Waals surface area (Å²) in [6.45, 7) is 2.22. The molecule has 1 atom stereocenters. The number of benzene rings is 1. The molecular formula is C24H26N2O3S2. The van der Waals surface area contributed by atoms with Crippen molar-refractivity contribution >= 4 is 34.5 Å². The van der Waals surface area contributed by atoms with E-state index in [0.29, 0.717) is 26.2 Å². The number of hydrogen-bond donors (Lipinski definition) is 0. The van der Waals surface area contributed by atoms with E-state index in [2.05, 4.69) is 6.07 Å². The van der Waals surface area contributed by atoms with Crippen LogP contribution in [0.15, 0.2) is 59.3 Å². The topological polar surface area (TPSA) is 49.9 Å². The number of likely N-dealkylation sites (tertiary alicyclic amines) is 1. The van der Waals surface area contributed by atoms with Gasteiger partial charge in [-0.1, -0.05) is 30.3 Å². The molecule has 31 heavy (non-hydrogen) atoms. The average Bonchev–Trinajstić information content (AvgIpc) is 3.52. The van der Waals surface area contributed by atoms with Gasteiger partial charge in [0.2, 0.25) is 5.91 Å². The molecule has 2 amide bonds. The van der Waals surface area contributed by atoms with Crippen LogP contribution in [0.25, 0.3) is 0 Å². The fourth-order valence-corrected chi connectivity index (χ4v) is 5.43. The lowest BCUT2D eigenvalue weighted by atomic mass is 9.96. The minimum atomic E-state index is -0.188. The number of ether oxygens (including phenoxy) is 1. The van der Waals surface area contributed by atoms with Gasteiger partial charge in [0, 0.05) is 30.1 Å². The summed E-state index contributed by atoms with van der Waals surface area (Å²) in [5, 5.41) is 3.94. The van der Waals surface area contributed by atoms with Gasteiger partial charge >= 0.3 is 0 Å². The van der Waals surface area contributed by atoms with Crippen LogP contribution in [0.1, 0.15) is 33.0 Å². The summed E-state index contributed by atoms with van der Waals surface area (Å²) < 4.78 is 5.51. The molecule has 1 aromatic carbocycles. The lowest BCUT2D eigenvalue weighted by Crippen LogP contribution is -2.46. The number of piperidine rings is 1. The Kier molecular flexibility index (Phi) is 7.04. The minimum Gasteiger partial charge on any atom is -0.496 e. The van der Waals surface area contributed by atoms with E-state index in [1.54, 1.807) is 18.4 Å². The van der Waals surface area contributed by atoms with Crippen molar-refractivity contribution in [2.75, 3.05) is 20.2 Å². The zero-order chi connectivity index (χ0) is 21.6. The van der Waals surface area contributed by atoms with Gasteiger partial charge < -0.3 is 14.5 Å². The maximum absolute atomic E-state index is 13.6. The van der Waals surface area contributed by atoms with Crippen LogP contribution in [0.5, 0.6) is 5.75 Å². The fourth-order valence-electron chi connectivity index (χ4n) is 4.02. The first-order valence-electron chi connectivity index (χ1n) is 10.4. The molecule has 5 nitrogen and oxygen atoms in total. The second-order valence-corrected chi connectivity index (χ2v) is 9.63. The zero-order valence-corrected chi connectivity index (χ0v) is 19.2. The molecule has 3 heterocycles. The normalized spacial score (nSPS) is 16.2. The molecule has 1 fully saturated rings. The van der Waals surface area contributed by atoms with Gasteiger partial charge in [0.25, 0.3) is 5.91 Å². The molecule has 1 saturated heterocycles. The van der Waals surface area contributed by atoms with Crippen LogP contribution in [0.2, 0.25) is 0 Å². The number of thiophene rings is 2. The van der Waals surface area contributed by atoms with Gasteiger partial charge in [-0.05, 0) is 41.8 Å². The molecule has 1 aliphatic rings. The molecule has 162 valence electrons. The summed E-state index contributed by atoms with van der Waals surface area (Å²) in [6, 6.07) is 15.6. The highest BCUT2D eigenvalue weighted by molar-refractivity contribution is 7.12. The lowest BCUT2D eigenvalue weighted by molar-refractivity contribution is -0.138. The number of para-hydroxylation sites is 1. The van der Waals surface area contributed by atoms with Crippen molar-refractivity contribution in [3.63, 3.8) is 0 Å². The number of rotatable bonds is 7. The number of amides is 2. The number of methoxy groups -OCH3 is 1. The van der Waals surface area contributed by atoms with Crippen molar-refractivity contribution < 1.29 is 14.3 Å². The first-order chi connectivity index (χ1) is 15.2. The minimum absolute atomic E-state index is 0.0297. The molecule has 1 unspecified atom stereocenters. The third-order valence-corrected chi connectivity index (χ3v) is 7.30. The van der Waals surface area contributed by atoms with Crippen LogP contribution in [0.3, 0.4) is 0 Å². The van der Waals surface area contributed by atoms with E-state index in [0.717, 1.165) is 33.9 Å². The van der Waals surface area contributed by atoms with Gasteiger partial charge in [-0.25, -0.2) is 0 Å². The lowest BCUT2D eigenvalue weighted by Gasteiger charge is -2.35. The molecule has 0 N–H and O–H groups in total. The molecule has 1 aliphatic heterocycles. The number of carbonyl (C=O) groups is 2. The van der Waals surface area contributed by atoms with Crippen LogP contribution in [-0.4, -0.2) is 41.8 Å². The van der Waals surface area contributed by atoms with Crippen molar-refractivity contribution in [1.82, 2.24) is 9.80 Å². The van der Waals surface area contributed by atoms with Crippen molar-refractivity contribution in [2.24, 2.45) is 5.92 Å². The largest absolute Gasteiger partial charge is 0.496 e. The molecule has 4 rings (SSSR count). The van der Waals surface area contributed by atoms with Crippen LogP contribution in [0, 0.1) is 5.92 Å². The Morgan fingerprint density at radius 3 is 2.61 bits per heavy atom. The van der Waals surface area contributed by atoms with Crippen LogP contribution in [-0.2, 0) is 17.9 Å².